The molecule has 0 N–H and O–H groups in total. The summed E-state index contributed by atoms with van der Waals surface area (Å²) in [5, 5.41) is 0.550. The second-order valence-corrected chi connectivity index (χ2v) is 4.72. The van der Waals surface area contributed by atoms with Gasteiger partial charge in [-0.2, -0.15) is 0 Å². The summed E-state index contributed by atoms with van der Waals surface area (Å²) in [6.07, 6.45) is 0. The number of ether oxygens (including phenoxy) is 1. The van der Waals surface area contributed by atoms with E-state index in [1.165, 1.54) is 31.2 Å². The number of rotatable bonds is 3. The highest BCUT2D eigenvalue weighted by Gasteiger charge is 2.09. The van der Waals surface area contributed by atoms with Crippen LogP contribution in [0.25, 0.3) is 0 Å². The Morgan fingerprint density at radius 2 is 1.89 bits per heavy atom. The fraction of sp³-hybridized carbons (Fsp3) is 0.0714. The molecule has 2 aromatic carbocycles. The summed E-state index contributed by atoms with van der Waals surface area (Å²) in [4.78, 5) is 11.2. The molecule has 0 amide bonds. The van der Waals surface area contributed by atoms with Crippen molar-refractivity contribution in [3.63, 3.8) is 0 Å². The molecule has 0 atom stereocenters. The van der Waals surface area contributed by atoms with Gasteiger partial charge in [-0.25, -0.2) is 4.39 Å². The second kappa shape index (κ2) is 5.59. The Morgan fingerprint density at radius 1 is 1.16 bits per heavy atom. The maximum absolute atomic E-state index is 13.5. The van der Waals surface area contributed by atoms with Gasteiger partial charge in [0.25, 0.3) is 0 Å². The highest BCUT2D eigenvalue weighted by Crippen LogP contribution is 2.29. The summed E-state index contributed by atoms with van der Waals surface area (Å²) >= 11 is 11.6. The van der Waals surface area contributed by atoms with Gasteiger partial charge in [-0.1, -0.05) is 23.2 Å². The first-order chi connectivity index (χ1) is 8.97. The summed E-state index contributed by atoms with van der Waals surface area (Å²) in [5.41, 5.74) is 0.394. The number of carbonyl (C=O) groups is 1. The van der Waals surface area contributed by atoms with Crippen molar-refractivity contribution in [3.05, 3.63) is 57.8 Å². The third-order valence-electron chi connectivity index (χ3n) is 2.44. The van der Waals surface area contributed by atoms with E-state index in [1.807, 2.05) is 0 Å². The zero-order valence-electron chi connectivity index (χ0n) is 9.91. The summed E-state index contributed by atoms with van der Waals surface area (Å²) in [5.74, 6) is -0.333. The molecule has 0 saturated carbocycles. The molecule has 0 aliphatic carbocycles. The van der Waals surface area contributed by atoms with Gasteiger partial charge in [0.05, 0.1) is 5.02 Å². The quantitative estimate of drug-likeness (QED) is 0.735. The van der Waals surface area contributed by atoms with Gasteiger partial charge in [0.2, 0.25) is 0 Å². The van der Waals surface area contributed by atoms with Crippen molar-refractivity contribution in [2.24, 2.45) is 0 Å². The average Bonchev–Trinajstić information content (AvgIpc) is 2.32. The SMILES string of the molecule is CC(=O)c1ccc(Oc2ccc(Cl)cc2F)cc1Cl. The monoisotopic (exact) mass is 298 g/mol. The van der Waals surface area contributed by atoms with Crippen LogP contribution in [0.1, 0.15) is 17.3 Å². The third kappa shape index (κ3) is 3.25. The van der Waals surface area contributed by atoms with Gasteiger partial charge in [-0.15, -0.1) is 0 Å². The average molecular weight is 299 g/mol. The number of hydrogen-bond donors (Lipinski definition) is 0. The minimum absolute atomic E-state index is 0.0380. The summed E-state index contributed by atoms with van der Waals surface area (Å²) in [6, 6.07) is 8.65. The van der Waals surface area contributed by atoms with E-state index in [0.29, 0.717) is 11.3 Å². The van der Waals surface area contributed by atoms with Crippen LogP contribution in [0.5, 0.6) is 11.5 Å². The first kappa shape index (κ1) is 13.8. The predicted octanol–water partition coefficient (Wildman–Crippen LogP) is 5.13. The van der Waals surface area contributed by atoms with Crippen molar-refractivity contribution in [3.8, 4) is 11.5 Å². The Morgan fingerprint density at radius 3 is 2.47 bits per heavy atom. The lowest BCUT2D eigenvalue weighted by atomic mass is 10.1. The van der Waals surface area contributed by atoms with E-state index in [1.54, 1.807) is 6.07 Å². The molecule has 0 bridgehead atoms. The summed E-state index contributed by atoms with van der Waals surface area (Å²) in [6.45, 7) is 1.42. The lowest BCUT2D eigenvalue weighted by molar-refractivity contribution is 0.101. The molecule has 0 radical (unpaired) electrons. The zero-order valence-corrected chi connectivity index (χ0v) is 11.4. The minimum atomic E-state index is -0.570. The maximum atomic E-state index is 13.5. The first-order valence-corrected chi connectivity index (χ1v) is 6.16. The third-order valence-corrected chi connectivity index (χ3v) is 2.99. The van der Waals surface area contributed by atoms with Crippen molar-refractivity contribution < 1.29 is 13.9 Å². The molecule has 0 fully saturated rings. The van der Waals surface area contributed by atoms with Crippen molar-refractivity contribution in [1.82, 2.24) is 0 Å². The molecule has 0 unspecified atom stereocenters. The van der Waals surface area contributed by atoms with Crippen LogP contribution in [-0.4, -0.2) is 5.78 Å². The van der Waals surface area contributed by atoms with Crippen LogP contribution in [0.2, 0.25) is 10.0 Å². The van der Waals surface area contributed by atoms with E-state index >= 15 is 0 Å². The summed E-state index contributed by atoms with van der Waals surface area (Å²) in [7, 11) is 0. The van der Waals surface area contributed by atoms with Gasteiger partial charge in [-0.05, 0) is 37.3 Å². The molecule has 0 aromatic heterocycles. The molecular formula is C14H9Cl2FO2. The Labute approximate surface area is 119 Å². The first-order valence-electron chi connectivity index (χ1n) is 5.41. The molecule has 0 heterocycles. The number of halogens is 3. The van der Waals surface area contributed by atoms with E-state index in [0.717, 1.165) is 6.07 Å². The number of ketones is 1. The van der Waals surface area contributed by atoms with Gasteiger partial charge in [-0.3, -0.25) is 4.79 Å². The van der Waals surface area contributed by atoms with E-state index in [9.17, 15) is 9.18 Å². The molecule has 0 spiro atoms. The molecular weight excluding hydrogens is 290 g/mol. The standard InChI is InChI=1S/C14H9Cl2FO2/c1-8(18)11-4-3-10(7-12(11)16)19-14-5-2-9(15)6-13(14)17/h2-7H,1H3. The smallest absolute Gasteiger partial charge is 0.167 e. The van der Waals surface area contributed by atoms with Crippen LogP contribution in [-0.2, 0) is 0 Å². The highest BCUT2D eigenvalue weighted by molar-refractivity contribution is 6.34. The molecule has 0 aliphatic heterocycles. The molecule has 98 valence electrons. The van der Waals surface area contributed by atoms with Crippen molar-refractivity contribution in [1.29, 1.82) is 0 Å². The fourth-order valence-corrected chi connectivity index (χ4v) is 1.99. The van der Waals surface area contributed by atoms with Crippen LogP contribution in [0.4, 0.5) is 4.39 Å². The van der Waals surface area contributed by atoms with Crippen molar-refractivity contribution >= 4 is 29.0 Å². The Balaban J connectivity index is 2.29. The number of hydrogen-bond acceptors (Lipinski definition) is 2. The molecule has 2 aromatic rings. The zero-order chi connectivity index (χ0) is 14.0. The normalized spacial score (nSPS) is 10.3. The second-order valence-electron chi connectivity index (χ2n) is 3.87. The minimum Gasteiger partial charge on any atom is -0.454 e. The number of Topliss-reactive ketones (excluding diaryl/α,β-unsaturated/α-hetero) is 1. The van der Waals surface area contributed by atoms with E-state index in [4.69, 9.17) is 27.9 Å². The molecule has 5 heteroatoms. The van der Waals surface area contributed by atoms with Gasteiger partial charge >= 0.3 is 0 Å². The van der Waals surface area contributed by atoms with Crippen LogP contribution < -0.4 is 4.74 Å². The van der Waals surface area contributed by atoms with E-state index in [-0.39, 0.29) is 21.6 Å². The van der Waals surface area contributed by atoms with Gasteiger partial charge in [0, 0.05) is 16.7 Å². The maximum Gasteiger partial charge on any atom is 0.167 e. The molecule has 2 nitrogen and oxygen atoms in total. The molecule has 19 heavy (non-hydrogen) atoms. The van der Waals surface area contributed by atoms with E-state index < -0.39 is 5.82 Å². The lowest BCUT2D eigenvalue weighted by Gasteiger charge is -2.08. The van der Waals surface area contributed by atoms with Crippen LogP contribution in [0, 0.1) is 5.82 Å². The molecule has 0 aliphatic rings. The van der Waals surface area contributed by atoms with Crippen LogP contribution in [0.3, 0.4) is 0 Å². The molecule has 0 saturated heterocycles. The predicted molar refractivity (Wildman–Crippen MR) is 72.9 cm³/mol. The highest BCUT2D eigenvalue weighted by atomic mass is 35.5. The topological polar surface area (TPSA) is 26.3 Å². The lowest BCUT2D eigenvalue weighted by Crippen LogP contribution is -1.94. The van der Waals surface area contributed by atoms with Crippen LogP contribution in [0.15, 0.2) is 36.4 Å². The van der Waals surface area contributed by atoms with Crippen LogP contribution >= 0.6 is 23.2 Å². The number of carbonyl (C=O) groups excluding carboxylic acids is 1. The fourth-order valence-electron chi connectivity index (χ4n) is 1.53. The van der Waals surface area contributed by atoms with Gasteiger partial charge in [0.1, 0.15) is 5.75 Å². The number of benzene rings is 2. The Kier molecular flexibility index (Phi) is 4.08. The summed E-state index contributed by atoms with van der Waals surface area (Å²) < 4.78 is 18.9. The van der Waals surface area contributed by atoms with Gasteiger partial charge in [0.15, 0.2) is 17.3 Å². The van der Waals surface area contributed by atoms with Crippen molar-refractivity contribution in [2.75, 3.05) is 0 Å². The Hall–Kier alpha value is -1.58. The largest absolute Gasteiger partial charge is 0.454 e. The van der Waals surface area contributed by atoms with E-state index in [2.05, 4.69) is 0 Å². The van der Waals surface area contributed by atoms with Crippen molar-refractivity contribution in [2.45, 2.75) is 6.92 Å². The molecule has 2 rings (SSSR count). The van der Waals surface area contributed by atoms with Gasteiger partial charge < -0.3 is 4.74 Å². The Bertz CT molecular complexity index is 641.